The molecule has 2 aromatic heterocycles. The third-order valence-corrected chi connectivity index (χ3v) is 7.08. The second kappa shape index (κ2) is 4.93. The van der Waals surface area contributed by atoms with Gasteiger partial charge in [0.05, 0.1) is 5.56 Å². The first-order chi connectivity index (χ1) is 12.7. The minimum atomic E-state index is 0.361. The van der Waals surface area contributed by atoms with Gasteiger partial charge in [0, 0.05) is 50.2 Å². The lowest BCUT2D eigenvalue weighted by atomic mass is 10.00. The van der Waals surface area contributed by atoms with Crippen molar-refractivity contribution in [2.45, 2.75) is 19.9 Å². The Hall–Kier alpha value is -2.71. The minimum Gasteiger partial charge on any atom is -0.184 e. The van der Waals surface area contributed by atoms with Crippen LogP contribution >= 0.6 is 11.3 Å². The SMILES string of the molecule is Cc1cc2[n+](c3ccccc13)C(C)c1ccc3c(sc4ccccc43)c1-2. The van der Waals surface area contributed by atoms with Gasteiger partial charge < -0.3 is 0 Å². The van der Waals surface area contributed by atoms with Crippen molar-refractivity contribution in [3.63, 3.8) is 0 Å². The summed E-state index contributed by atoms with van der Waals surface area (Å²) in [5, 5.41) is 4.11. The number of rotatable bonds is 0. The number of para-hydroxylation sites is 1. The quantitative estimate of drug-likeness (QED) is 0.284. The predicted molar refractivity (Wildman–Crippen MR) is 111 cm³/mol. The summed E-state index contributed by atoms with van der Waals surface area (Å²) in [6.07, 6.45) is 0. The van der Waals surface area contributed by atoms with Gasteiger partial charge in [-0.1, -0.05) is 42.5 Å². The van der Waals surface area contributed by atoms with Crippen LogP contribution in [0.1, 0.15) is 24.1 Å². The van der Waals surface area contributed by atoms with Gasteiger partial charge in [-0.3, -0.25) is 0 Å². The third kappa shape index (κ3) is 1.68. The first kappa shape index (κ1) is 14.5. The Kier molecular flexibility index (Phi) is 2.74. The Bertz CT molecular complexity index is 1360. The molecule has 0 bridgehead atoms. The molecule has 1 aliphatic heterocycles. The van der Waals surface area contributed by atoms with E-state index in [1.54, 1.807) is 0 Å². The van der Waals surface area contributed by atoms with Gasteiger partial charge in [-0.15, -0.1) is 11.3 Å². The smallest absolute Gasteiger partial charge is 0.184 e. The number of thiophene rings is 1. The zero-order valence-electron chi connectivity index (χ0n) is 14.8. The molecule has 0 amide bonds. The molecule has 0 N–H and O–H groups in total. The lowest BCUT2D eigenvalue weighted by molar-refractivity contribution is -0.669. The molecule has 26 heavy (non-hydrogen) atoms. The number of nitrogens with zero attached hydrogens (tertiary/aromatic N) is 1. The van der Waals surface area contributed by atoms with Gasteiger partial charge >= 0.3 is 0 Å². The van der Waals surface area contributed by atoms with Crippen LogP contribution in [0.2, 0.25) is 0 Å². The molecular weight excluding hydrogens is 334 g/mol. The van der Waals surface area contributed by atoms with Crippen molar-refractivity contribution in [2.24, 2.45) is 0 Å². The lowest BCUT2D eigenvalue weighted by Crippen LogP contribution is -2.37. The molecule has 1 aliphatic rings. The van der Waals surface area contributed by atoms with E-state index >= 15 is 0 Å². The third-order valence-electron chi connectivity index (χ3n) is 5.87. The largest absolute Gasteiger partial charge is 0.215 e. The topological polar surface area (TPSA) is 3.88 Å². The monoisotopic (exact) mass is 352 g/mol. The summed E-state index contributed by atoms with van der Waals surface area (Å²) in [4.78, 5) is 0. The Labute approximate surface area is 156 Å². The standard InChI is InChI=1S/C24H18NS/c1-14-13-21-23-17(15(2)25(21)20-9-5-3-7-16(14)20)11-12-19-18-8-4-6-10-22(18)26-24(19)23/h3-13,15H,1-2H3/q+1. The molecule has 0 radical (unpaired) electrons. The molecule has 3 aromatic carbocycles. The fourth-order valence-electron chi connectivity index (χ4n) is 4.66. The van der Waals surface area contributed by atoms with E-state index in [-0.39, 0.29) is 0 Å². The normalized spacial score (nSPS) is 15.7. The number of benzene rings is 3. The van der Waals surface area contributed by atoms with Gasteiger partial charge in [-0.2, -0.15) is 4.57 Å². The van der Waals surface area contributed by atoms with E-state index < -0.39 is 0 Å². The van der Waals surface area contributed by atoms with Crippen LogP contribution in [-0.2, 0) is 0 Å². The van der Waals surface area contributed by atoms with E-state index in [1.807, 2.05) is 11.3 Å². The van der Waals surface area contributed by atoms with Gasteiger partial charge in [-0.05, 0) is 24.6 Å². The summed E-state index contributed by atoms with van der Waals surface area (Å²) in [5.41, 5.74) is 6.93. The van der Waals surface area contributed by atoms with E-state index in [0.717, 1.165) is 0 Å². The molecule has 0 saturated heterocycles. The molecule has 0 spiro atoms. The van der Waals surface area contributed by atoms with Crippen LogP contribution in [0.15, 0.2) is 66.7 Å². The van der Waals surface area contributed by atoms with Crippen molar-refractivity contribution < 1.29 is 4.57 Å². The number of fused-ring (bicyclic) bond motifs is 9. The van der Waals surface area contributed by atoms with Crippen molar-refractivity contribution in [3.05, 3.63) is 77.9 Å². The molecule has 0 aliphatic carbocycles. The summed E-state index contributed by atoms with van der Waals surface area (Å²) in [6.45, 7) is 4.56. The average molecular weight is 352 g/mol. The highest BCUT2D eigenvalue weighted by molar-refractivity contribution is 7.26. The Morgan fingerprint density at radius 3 is 2.50 bits per heavy atom. The molecule has 0 fully saturated rings. The zero-order chi connectivity index (χ0) is 17.4. The summed E-state index contributed by atoms with van der Waals surface area (Å²) in [7, 11) is 0. The van der Waals surface area contributed by atoms with Crippen molar-refractivity contribution in [3.8, 4) is 11.3 Å². The zero-order valence-corrected chi connectivity index (χ0v) is 15.6. The van der Waals surface area contributed by atoms with Crippen molar-refractivity contribution >= 4 is 42.4 Å². The van der Waals surface area contributed by atoms with Crippen molar-refractivity contribution in [1.29, 1.82) is 0 Å². The van der Waals surface area contributed by atoms with Crippen molar-refractivity contribution in [2.75, 3.05) is 0 Å². The lowest BCUT2D eigenvalue weighted by Gasteiger charge is -2.06. The highest BCUT2D eigenvalue weighted by atomic mass is 32.1. The van der Waals surface area contributed by atoms with Crippen LogP contribution < -0.4 is 4.57 Å². The predicted octanol–water partition coefficient (Wildman–Crippen LogP) is 6.39. The number of aryl methyl sites for hydroxylation is 1. The highest BCUT2D eigenvalue weighted by Crippen LogP contribution is 2.46. The maximum atomic E-state index is 2.52. The number of hydrogen-bond donors (Lipinski definition) is 0. The summed E-state index contributed by atoms with van der Waals surface area (Å²) in [6, 6.07) is 25.0. The summed E-state index contributed by atoms with van der Waals surface area (Å²) < 4.78 is 5.33. The van der Waals surface area contributed by atoms with Gasteiger partial charge in [0.15, 0.2) is 6.04 Å². The molecule has 6 rings (SSSR count). The molecule has 5 aromatic rings. The molecule has 1 atom stereocenters. The number of aromatic nitrogens is 1. The molecule has 0 saturated carbocycles. The maximum absolute atomic E-state index is 2.52. The second-order valence-corrected chi connectivity index (χ2v) is 8.33. The summed E-state index contributed by atoms with van der Waals surface area (Å²) >= 11 is 1.93. The van der Waals surface area contributed by atoms with Crippen LogP contribution in [0.4, 0.5) is 0 Å². The first-order valence-corrected chi connectivity index (χ1v) is 9.94. The molecule has 3 heterocycles. The van der Waals surface area contributed by atoms with E-state index in [4.69, 9.17) is 0 Å². The minimum absolute atomic E-state index is 0.361. The van der Waals surface area contributed by atoms with Gasteiger partial charge in [0.1, 0.15) is 0 Å². The van der Waals surface area contributed by atoms with Crippen LogP contribution in [-0.4, -0.2) is 0 Å². The van der Waals surface area contributed by atoms with Gasteiger partial charge in [-0.25, -0.2) is 0 Å². The van der Waals surface area contributed by atoms with E-state index in [2.05, 4.69) is 85.1 Å². The molecule has 1 nitrogen and oxygen atoms in total. The Balaban J connectivity index is 1.82. The van der Waals surface area contributed by atoms with E-state index in [1.165, 1.54) is 53.5 Å². The van der Waals surface area contributed by atoms with E-state index in [0.29, 0.717) is 6.04 Å². The van der Waals surface area contributed by atoms with E-state index in [9.17, 15) is 0 Å². The van der Waals surface area contributed by atoms with Crippen LogP contribution in [0, 0.1) is 6.92 Å². The van der Waals surface area contributed by atoms with Crippen LogP contribution in [0.25, 0.3) is 42.3 Å². The van der Waals surface area contributed by atoms with Crippen molar-refractivity contribution in [1.82, 2.24) is 0 Å². The second-order valence-electron chi connectivity index (χ2n) is 7.28. The fourth-order valence-corrected chi connectivity index (χ4v) is 5.93. The van der Waals surface area contributed by atoms with Crippen LogP contribution in [0.5, 0.6) is 0 Å². The van der Waals surface area contributed by atoms with Crippen LogP contribution in [0.3, 0.4) is 0 Å². The fraction of sp³-hybridized carbons (Fsp3) is 0.125. The van der Waals surface area contributed by atoms with Gasteiger partial charge in [0.25, 0.3) is 0 Å². The number of hydrogen-bond acceptors (Lipinski definition) is 1. The molecule has 1 unspecified atom stereocenters. The molecule has 2 heteroatoms. The average Bonchev–Trinajstić information content (AvgIpc) is 3.18. The Morgan fingerprint density at radius 1 is 0.846 bits per heavy atom. The molecule has 124 valence electrons. The van der Waals surface area contributed by atoms with Gasteiger partial charge in [0.2, 0.25) is 11.2 Å². The maximum Gasteiger partial charge on any atom is 0.215 e. The number of pyridine rings is 1. The summed E-state index contributed by atoms with van der Waals surface area (Å²) in [5.74, 6) is 0. The molecular formula is C24H18NS+. The highest BCUT2D eigenvalue weighted by Gasteiger charge is 2.37. The Morgan fingerprint density at radius 2 is 1.62 bits per heavy atom. The first-order valence-electron chi connectivity index (χ1n) is 9.12.